The van der Waals surface area contributed by atoms with Gasteiger partial charge in [0.05, 0.1) is 0 Å². The Morgan fingerprint density at radius 3 is 2.67 bits per heavy atom. The summed E-state index contributed by atoms with van der Waals surface area (Å²) in [6.45, 7) is 8.37. The van der Waals surface area contributed by atoms with E-state index in [1.807, 2.05) is 21.6 Å². The zero-order chi connectivity index (χ0) is 14.4. The highest BCUT2D eigenvalue weighted by Crippen LogP contribution is 2.38. The third-order valence-electron chi connectivity index (χ3n) is 3.83. The largest absolute Gasteiger partial charge is 0.357 e. The van der Waals surface area contributed by atoms with Crippen LogP contribution in [0.2, 0.25) is 0 Å². The number of rotatable bonds is 5. The maximum Gasteiger partial charge on any atom is 0.172 e. The minimum absolute atomic E-state index is 0. The molecule has 0 N–H and O–H groups in total. The molecule has 0 amide bonds. The third-order valence-corrected chi connectivity index (χ3v) is 6.37. The van der Waals surface area contributed by atoms with Crippen LogP contribution >= 0.6 is 38.6 Å². The quantitative estimate of drug-likeness (QED) is 0.523. The molecule has 0 aromatic rings. The van der Waals surface area contributed by atoms with Gasteiger partial charge in [0.1, 0.15) is 0 Å². The van der Waals surface area contributed by atoms with E-state index < -0.39 is 0 Å². The number of unbranched alkanes of at least 4 members (excludes halogenated alkanes) is 2. The average Bonchev–Trinajstić information content (AvgIpc) is 2.81. The fourth-order valence-corrected chi connectivity index (χ4v) is 5.17. The Balaban J connectivity index is 0.00000220. The molecule has 1 fully saturated rings. The molecule has 0 bridgehead atoms. The zero-order valence-electron chi connectivity index (χ0n) is 13.5. The zero-order valence-corrected chi connectivity index (χ0v) is 16.8. The van der Waals surface area contributed by atoms with Gasteiger partial charge < -0.3 is 9.80 Å². The van der Waals surface area contributed by atoms with Crippen LogP contribution in [0.5, 0.6) is 0 Å². The average molecular weight is 397 g/mol. The van der Waals surface area contributed by atoms with Gasteiger partial charge >= 0.3 is 0 Å². The van der Waals surface area contributed by atoms with E-state index in [1.165, 1.54) is 51.9 Å². The van der Waals surface area contributed by atoms with Gasteiger partial charge in [-0.3, -0.25) is 4.90 Å². The first-order chi connectivity index (χ1) is 9.70. The lowest BCUT2D eigenvalue weighted by Gasteiger charge is -2.24. The van der Waals surface area contributed by atoms with Crippen molar-refractivity contribution in [3.05, 3.63) is 0 Å². The molecule has 0 aliphatic carbocycles. The molecular weight excluding hydrogens is 368 g/mol. The Bertz CT molecular complexity index is 328. The highest BCUT2D eigenvalue weighted by Gasteiger charge is 2.27. The second-order valence-electron chi connectivity index (χ2n) is 5.75. The van der Waals surface area contributed by atoms with Crippen LogP contribution < -0.4 is 0 Å². The molecule has 2 heterocycles. The van der Waals surface area contributed by atoms with Crippen molar-refractivity contribution in [3.8, 4) is 0 Å². The predicted octanol–water partition coefficient (Wildman–Crippen LogP) is 3.36. The summed E-state index contributed by atoms with van der Waals surface area (Å²) in [6.07, 6.45) is 5.32. The van der Waals surface area contributed by atoms with Crippen molar-refractivity contribution in [1.82, 2.24) is 14.7 Å². The Morgan fingerprint density at radius 1 is 1.19 bits per heavy atom. The number of aliphatic imine (C=N–C) groups is 1. The Labute approximate surface area is 148 Å². The molecule has 0 radical (unpaired) electrons. The minimum atomic E-state index is 0. The fraction of sp³-hybridized carbons (Fsp3) is 0.929. The van der Waals surface area contributed by atoms with E-state index in [0.717, 1.165) is 11.7 Å². The fourth-order valence-electron chi connectivity index (χ4n) is 2.58. The molecule has 0 saturated carbocycles. The van der Waals surface area contributed by atoms with E-state index in [0.29, 0.717) is 5.50 Å². The van der Waals surface area contributed by atoms with Crippen molar-refractivity contribution in [1.29, 1.82) is 0 Å². The molecule has 21 heavy (non-hydrogen) atoms. The number of nitrogens with zero attached hydrogens (tertiary/aromatic N) is 4. The van der Waals surface area contributed by atoms with Crippen molar-refractivity contribution in [2.75, 3.05) is 46.8 Å². The Hall–Kier alpha value is 0.570. The SMILES string of the molecule is Br.CCCCCN1CCCN(C2N=C(N(C)C)SS2)CC1. The first-order valence-corrected chi connectivity index (χ1v) is 9.97. The molecule has 1 atom stereocenters. The maximum absolute atomic E-state index is 4.83. The summed E-state index contributed by atoms with van der Waals surface area (Å²) in [5.74, 6) is 0. The van der Waals surface area contributed by atoms with Crippen LogP contribution in [0.3, 0.4) is 0 Å². The van der Waals surface area contributed by atoms with Crippen LogP contribution in [-0.2, 0) is 0 Å². The normalized spacial score (nSPS) is 24.3. The van der Waals surface area contributed by atoms with Gasteiger partial charge in [0.25, 0.3) is 0 Å². The molecular formula is C14H29BrN4S2. The lowest BCUT2D eigenvalue weighted by molar-refractivity contribution is 0.247. The van der Waals surface area contributed by atoms with Crippen LogP contribution in [0, 0.1) is 0 Å². The second kappa shape index (κ2) is 10.4. The van der Waals surface area contributed by atoms with Gasteiger partial charge in [0.15, 0.2) is 10.7 Å². The van der Waals surface area contributed by atoms with Gasteiger partial charge in [0.2, 0.25) is 0 Å². The predicted molar refractivity (Wildman–Crippen MR) is 103 cm³/mol. The lowest BCUT2D eigenvalue weighted by Crippen LogP contribution is -2.35. The monoisotopic (exact) mass is 396 g/mol. The first-order valence-electron chi connectivity index (χ1n) is 7.75. The summed E-state index contributed by atoms with van der Waals surface area (Å²) in [5, 5.41) is 1.16. The van der Waals surface area contributed by atoms with Gasteiger partial charge in [-0.25, -0.2) is 4.99 Å². The van der Waals surface area contributed by atoms with E-state index in [4.69, 9.17) is 4.99 Å². The summed E-state index contributed by atoms with van der Waals surface area (Å²) in [7, 11) is 7.86. The molecule has 0 spiro atoms. The lowest BCUT2D eigenvalue weighted by atomic mass is 10.2. The summed E-state index contributed by atoms with van der Waals surface area (Å²) < 4.78 is 0. The van der Waals surface area contributed by atoms with Gasteiger partial charge in [-0.1, -0.05) is 19.8 Å². The molecule has 1 unspecified atom stereocenters. The molecule has 4 nitrogen and oxygen atoms in total. The second-order valence-corrected chi connectivity index (χ2v) is 7.97. The molecule has 0 aromatic heterocycles. The summed E-state index contributed by atoms with van der Waals surface area (Å²) in [6, 6.07) is 0. The van der Waals surface area contributed by atoms with Gasteiger partial charge in [0, 0.05) is 33.7 Å². The molecule has 124 valence electrons. The summed E-state index contributed by atoms with van der Waals surface area (Å²) in [4.78, 5) is 12.1. The van der Waals surface area contributed by atoms with Crippen molar-refractivity contribution in [2.24, 2.45) is 4.99 Å². The number of hydrogen-bond donors (Lipinski definition) is 0. The van der Waals surface area contributed by atoms with Crippen LogP contribution in [0.1, 0.15) is 32.6 Å². The van der Waals surface area contributed by atoms with Gasteiger partial charge in [-0.05, 0) is 47.5 Å². The maximum atomic E-state index is 4.83. The van der Waals surface area contributed by atoms with Crippen molar-refractivity contribution < 1.29 is 0 Å². The highest BCUT2D eigenvalue weighted by atomic mass is 79.9. The topological polar surface area (TPSA) is 22.1 Å². The van der Waals surface area contributed by atoms with Crippen LogP contribution in [-0.4, -0.2) is 72.2 Å². The van der Waals surface area contributed by atoms with Crippen molar-refractivity contribution >= 4 is 43.7 Å². The minimum Gasteiger partial charge on any atom is -0.357 e. The number of hydrogen-bond acceptors (Lipinski definition) is 6. The standard InChI is InChI=1S/C14H28N4S2.BrH/c1-4-5-6-8-17-9-7-10-18(12-11-17)14-15-13(16(2)3)19-20-14;/h14H,4-12H2,1-3H3;1H. The smallest absolute Gasteiger partial charge is 0.172 e. The molecule has 2 aliphatic heterocycles. The first kappa shape index (κ1) is 19.6. The van der Waals surface area contributed by atoms with Gasteiger partial charge in [-0.15, -0.1) is 17.0 Å². The summed E-state index contributed by atoms with van der Waals surface area (Å²) in [5.41, 5.74) is 0.327. The third kappa shape index (κ3) is 6.29. The Kier molecular flexibility index (Phi) is 9.68. The Morgan fingerprint density at radius 2 is 2.00 bits per heavy atom. The highest BCUT2D eigenvalue weighted by molar-refractivity contribution is 8.93. The number of halogens is 1. The molecule has 7 heteroatoms. The van der Waals surface area contributed by atoms with E-state index in [-0.39, 0.29) is 17.0 Å². The molecule has 2 aliphatic rings. The van der Waals surface area contributed by atoms with E-state index in [9.17, 15) is 0 Å². The van der Waals surface area contributed by atoms with Gasteiger partial charge in [-0.2, -0.15) is 0 Å². The number of amidine groups is 1. The van der Waals surface area contributed by atoms with E-state index in [1.54, 1.807) is 0 Å². The van der Waals surface area contributed by atoms with Crippen molar-refractivity contribution in [3.63, 3.8) is 0 Å². The molecule has 1 saturated heterocycles. The van der Waals surface area contributed by atoms with Crippen LogP contribution in [0.15, 0.2) is 4.99 Å². The van der Waals surface area contributed by atoms with Crippen LogP contribution in [0.4, 0.5) is 0 Å². The van der Waals surface area contributed by atoms with E-state index >= 15 is 0 Å². The summed E-state index contributed by atoms with van der Waals surface area (Å²) >= 11 is 0. The van der Waals surface area contributed by atoms with E-state index in [2.05, 4.69) is 35.7 Å². The molecule has 2 rings (SSSR count). The van der Waals surface area contributed by atoms with Crippen LogP contribution in [0.25, 0.3) is 0 Å². The molecule has 0 aromatic carbocycles. The van der Waals surface area contributed by atoms with Crippen molar-refractivity contribution in [2.45, 2.75) is 38.1 Å².